The van der Waals surface area contributed by atoms with Gasteiger partial charge in [0, 0.05) is 10.4 Å². The molecule has 0 bridgehead atoms. The number of nitrogens with two attached hydrogens (primary N) is 1. The molecule has 2 rings (SSSR count). The summed E-state index contributed by atoms with van der Waals surface area (Å²) in [6.45, 7) is 2.68. The van der Waals surface area contributed by atoms with Crippen LogP contribution in [0.5, 0.6) is 0 Å². The van der Waals surface area contributed by atoms with Crippen molar-refractivity contribution in [3.63, 3.8) is 0 Å². The second kappa shape index (κ2) is 6.13. The quantitative estimate of drug-likeness (QED) is 0.929. The van der Waals surface area contributed by atoms with Crippen molar-refractivity contribution in [1.82, 2.24) is 4.90 Å². The molecule has 4 heteroatoms. The van der Waals surface area contributed by atoms with Crippen LogP contribution in [0, 0.1) is 11.7 Å². The second-order valence-corrected chi connectivity index (χ2v) is 6.06. The van der Waals surface area contributed by atoms with E-state index < -0.39 is 0 Å². The molecule has 2 nitrogen and oxygen atoms in total. The van der Waals surface area contributed by atoms with Gasteiger partial charge in [-0.05, 0) is 69.2 Å². The van der Waals surface area contributed by atoms with E-state index in [0.717, 1.165) is 36.0 Å². The highest BCUT2D eigenvalue weighted by Crippen LogP contribution is 2.34. The molecule has 1 aliphatic heterocycles. The van der Waals surface area contributed by atoms with Crippen molar-refractivity contribution >= 4 is 15.9 Å². The molecule has 1 atom stereocenters. The molecule has 0 radical (unpaired) electrons. The number of hydrogen-bond acceptors (Lipinski definition) is 2. The smallest absolute Gasteiger partial charge is 0.126 e. The Kier molecular flexibility index (Phi) is 4.76. The molecule has 0 aliphatic carbocycles. The van der Waals surface area contributed by atoms with Crippen molar-refractivity contribution in [2.45, 2.75) is 18.8 Å². The Hall–Kier alpha value is -0.450. The predicted molar refractivity (Wildman–Crippen MR) is 76.1 cm³/mol. The van der Waals surface area contributed by atoms with Crippen LogP contribution >= 0.6 is 15.9 Å². The van der Waals surface area contributed by atoms with Crippen LogP contribution in [0.4, 0.5) is 4.39 Å². The molecule has 1 fully saturated rings. The molecular formula is C14H20BrFN2. The molecule has 0 amide bonds. The Morgan fingerprint density at radius 2 is 2.11 bits per heavy atom. The summed E-state index contributed by atoms with van der Waals surface area (Å²) in [7, 11) is 2.13. The summed E-state index contributed by atoms with van der Waals surface area (Å²) in [4.78, 5) is 2.32. The zero-order valence-corrected chi connectivity index (χ0v) is 12.3. The second-order valence-electron chi connectivity index (χ2n) is 5.15. The number of likely N-dealkylation sites (tertiary alicyclic amines) is 1. The van der Waals surface area contributed by atoms with Gasteiger partial charge in [0.05, 0.1) is 0 Å². The third-order valence-electron chi connectivity index (χ3n) is 3.94. The zero-order valence-electron chi connectivity index (χ0n) is 10.7. The molecule has 1 unspecified atom stereocenters. The van der Waals surface area contributed by atoms with Crippen LogP contribution in [0.3, 0.4) is 0 Å². The van der Waals surface area contributed by atoms with Gasteiger partial charge in [-0.15, -0.1) is 0 Å². The van der Waals surface area contributed by atoms with E-state index >= 15 is 0 Å². The van der Waals surface area contributed by atoms with E-state index in [1.165, 1.54) is 6.07 Å². The summed E-state index contributed by atoms with van der Waals surface area (Å²) < 4.78 is 14.9. The molecule has 1 aliphatic rings. The molecule has 1 heterocycles. The van der Waals surface area contributed by atoms with Gasteiger partial charge in [-0.3, -0.25) is 0 Å². The topological polar surface area (TPSA) is 29.3 Å². The number of hydrogen-bond donors (Lipinski definition) is 1. The van der Waals surface area contributed by atoms with Crippen LogP contribution in [0.2, 0.25) is 0 Å². The Morgan fingerprint density at radius 3 is 2.72 bits per heavy atom. The summed E-state index contributed by atoms with van der Waals surface area (Å²) in [6.07, 6.45) is 2.20. The minimum absolute atomic E-state index is 0.132. The normalized spacial score (nSPS) is 20.0. The summed E-state index contributed by atoms with van der Waals surface area (Å²) in [5.41, 5.74) is 6.66. The van der Waals surface area contributed by atoms with E-state index in [4.69, 9.17) is 5.73 Å². The van der Waals surface area contributed by atoms with Crippen molar-refractivity contribution in [3.05, 3.63) is 34.1 Å². The highest BCUT2D eigenvalue weighted by Gasteiger charge is 2.27. The standard InChI is InChI=1S/C14H20BrFN2/c1-18-6-4-10(5-7-18)13(9-17)12-8-11(15)2-3-14(12)16/h2-3,8,10,13H,4-7,9,17H2,1H3. The first kappa shape index (κ1) is 14.0. The third-order valence-corrected chi connectivity index (χ3v) is 4.44. The van der Waals surface area contributed by atoms with E-state index in [-0.39, 0.29) is 11.7 Å². The number of rotatable bonds is 3. The fourth-order valence-electron chi connectivity index (χ4n) is 2.80. The first-order valence-electron chi connectivity index (χ1n) is 6.45. The predicted octanol–water partition coefficient (Wildman–Crippen LogP) is 2.97. The van der Waals surface area contributed by atoms with Crippen molar-refractivity contribution in [3.8, 4) is 0 Å². The number of piperidine rings is 1. The Balaban J connectivity index is 2.19. The highest BCUT2D eigenvalue weighted by molar-refractivity contribution is 9.10. The SMILES string of the molecule is CN1CCC(C(CN)c2cc(Br)ccc2F)CC1. The molecule has 0 spiro atoms. The van der Waals surface area contributed by atoms with Gasteiger partial charge in [0.2, 0.25) is 0 Å². The van der Waals surface area contributed by atoms with Gasteiger partial charge in [0.1, 0.15) is 5.82 Å². The minimum atomic E-state index is -0.132. The van der Waals surface area contributed by atoms with Crippen molar-refractivity contribution < 1.29 is 4.39 Å². The van der Waals surface area contributed by atoms with Gasteiger partial charge in [-0.1, -0.05) is 15.9 Å². The molecule has 1 aromatic rings. The zero-order chi connectivity index (χ0) is 13.1. The highest BCUT2D eigenvalue weighted by atomic mass is 79.9. The molecule has 18 heavy (non-hydrogen) atoms. The molecule has 0 aromatic heterocycles. The van der Waals surface area contributed by atoms with Crippen molar-refractivity contribution in [2.24, 2.45) is 11.7 Å². The lowest BCUT2D eigenvalue weighted by Crippen LogP contribution is -2.35. The van der Waals surface area contributed by atoms with Gasteiger partial charge in [-0.25, -0.2) is 4.39 Å². The van der Waals surface area contributed by atoms with Gasteiger partial charge < -0.3 is 10.6 Å². The molecule has 0 saturated carbocycles. The van der Waals surface area contributed by atoms with E-state index in [1.807, 2.05) is 6.07 Å². The van der Waals surface area contributed by atoms with Crippen molar-refractivity contribution in [1.29, 1.82) is 0 Å². The third kappa shape index (κ3) is 3.11. The first-order chi connectivity index (χ1) is 8.61. The number of benzene rings is 1. The van der Waals surface area contributed by atoms with Crippen molar-refractivity contribution in [2.75, 3.05) is 26.7 Å². The van der Waals surface area contributed by atoms with Crippen LogP contribution < -0.4 is 5.73 Å². The molecule has 1 saturated heterocycles. The average molecular weight is 315 g/mol. The Morgan fingerprint density at radius 1 is 1.44 bits per heavy atom. The molecule has 2 N–H and O–H groups in total. The van der Waals surface area contributed by atoms with Gasteiger partial charge in [0.15, 0.2) is 0 Å². The lowest BCUT2D eigenvalue weighted by atomic mass is 9.80. The van der Waals surface area contributed by atoms with Crippen LogP contribution in [0.25, 0.3) is 0 Å². The average Bonchev–Trinajstić information content (AvgIpc) is 2.37. The molecule has 100 valence electrons. The largest absolute Gasteiger partial charge is 0.330 e. The molecular weight excluding hydrogens is 295 g/mol. The van der Waals surface area contributed by atoms with E-state index in [1.54, 1.807) is 6.07 Å². The van der Waals surface area contributed by atoms with E-state index in [0.29, 0.717) is 12.5 Å². The number of nitrogens with zero attached hydrogens (tertiary/aromatic N) is 1. The maximum Gasteiger partial charge on any atom is 0.126 e. The fourth-order valence-corrected chi connectivity index (χ4v) is 3.18. The maximum absolute atomic E-state index is 14.0. The van der Waals surface area contributed by atoms with Crippen LogP contribution in [0.1, 0.15) is 24.3 Å². The van der Waals surface area contributed by atoms with Gasteiger partial charge in [0.25, 0.3) is 0 Å². The van der Waals surface area contributed by atoms with Gasteiger partial charge in [-0.2, -0.15) is 0 Å². The van der Waals surface area contributed by atoms with Crippen LogP contribution in [-0.2, 0) is 0 Å². The first-order valence-corrected chi connectivity index (χ1v) is 7.24. The van der Waals surface area contributed by atoms with E-state index in [2.05, 4.69) is 27.9 Å². The summed E-state index contributed by atoms with van der Waals surface area (Å²) in [6, 6.07) is 5.14. The van der Waals surface area contributed by atoms with Crippen LogP contribution in [-0.4, -0.2) is 31.6 Å². The molecule has 1 aromatic carbocycles. The number of halogens is 2. The Bertz CT molecular complexity index is 403. The fraction of sp³-hybridized carbons (Fsp3) is 0.571. The lowest BCUT2D eigenvalue weighted by Gasteiger charge is -2.34. The summed E-state index contributed by atoms with van der Waals surface area (Å²) in [5.74, 6) is 0.499. The van der Waals surface area contributed by atoms with Crippen LogP contribution in [0.15, 0.2) is 22.7 Å². The van der Waals surface area contributed by atoms with Gasteiger partial charge >= 0.3 is 0 Å². The monoisotopic (exact) mass is 314 g/mol. The Labute approximate surface area is 116 Å². The van der Waals surface area contributed by atoms with E-state index in [9.17, 15) is 4.39 Å². The maximum atomic E-state index is 14.0. The summed E-state index contributed by atoms with van der Waals surface area (Å²) >= 11 is 3.41. The minimum Gasteiger partial charge on any atom is -0.330 e. The summed E-state index contributed by atoms with van der Waals surface area (Å²) in [5, 5.41) is 0. The lowest BCUT2D eigenvalue weighted by molar-refractivity contribution is 0.198.